The largest absolute Gasteiger partial charge is 0.507 e. The molecule has 0 unspecified atom stereocenters. The third-order valence-electron chi connectivity index (χ3n) is 3.18. The molecule has 21 heavy (non-hydrogen) atoms. The second kappa shape index (κ2) is 6.17. The van der Waals surface area contributed by atoms with Gasteiger partial charge in [0, 0.05) is 6.42 Å². The van der Waals surface area contributed by atoms with Crippen molar-refractivity contribution in [2.75, 3.05) is 7.11 Å². The minimum absolute atomic E-state index is 0.00727. The fraction of sp³-hybridized carbons (Fsp3) is 0.188. The van der Waals surface area contributed by atoms with E-state index in [0.717, 1.165) is 5.56 Å². The Kier molecular flexibility index (Phi) is 4.33. The summed E-state index contributed by atoms with van der Waals surface area (Å²) in [6, 6.07) is 9.06. The van der Waals surface area contributed by atoms with Gasteiger partial charge < -0.3 is 20.1 Å². The van der Waals surface area contributed by atoms with Gasteiger partial charge in [0.05, 0.1) is 7.11 Å². The summed E-state index contributed by atoms with van der Waals surface area (Å²) in [7, 11) is 1.46. The van der Waals surface area contributed by atoms with Crippen molar-refractivity contribution in [1.82, 2.24) is 0 Å². The van der Waals surface area contributed by atoms with E-state index in [0.29, 0.717) is 12.2 Å². The zero-order valence-corrected chi connectivity index (χ0v) is 11.5. The van der Waals surface area contributed by atoms with Gasteiger partial charge in [0.2, 0.25) is 0 Å². The number of Topliss-reactive ketones (excluding diaryl/α,β-unsaturated/α-hetero) is 1. The predicted octanol–water partition coefficient (Wildman–Crippen LogP) is 2.63. The van der Waals surface area contributed by atoms with Crippen LogP contribution in [0.25, 0.3) is 0 Å². The third-order valence-corrected chi connectivity index (χ3v) is 3.18. The Morgan fingerprint density at radius 1 is 1.05 bits per heavy atom. The number of aryl methyl sites for hydroxylation is 1. The number of methoxy groups -OCH3 is 1. The first-order valence-corrected chi connectivity index (χ1v) is 6.43. The summed E-state index contributed by atoms with van der Waals surface area (Å²) >= 11 is 0. The van der Waals surface area contributed by atoms with E-state index < -0.39 is 0 Å². The molecule has 2 aromatic carbocycles. The van der Waals surface area contributed by atoms with Gasteiger partial charge in [-0.25, -0.2) is 0 Å². The van der Waals surface area contributed by atoms with E-state index in [2.05, 4.69) is 0 Å². The Morgan fingerprint density at radius 3 is 2.29 bits per heavy atom. The molecule has 110 valence electrons. The van der Waals surface area contributed by atoms with Gasteiger partial charge in [-0.2, -0.15) is 0 Å². The highest BCUT2D eigenvalue weighted by Crippen LogP contribution is 2.29. The van der Waals surface area contributed by atoms with Gasteiger partial charge >= 0.3 is 0 Å². The highest BCUT2D eigenvalue weighted by molar-refractivity contribution is 6.01. The summed E-state index contributed by atoms with van der Waals surface area (Å²) < 4.78 is 4.94. The fourth-order valence-corrected chi connectivity index (χ4v) is 2.09. The molecule has 0 aliphatic rings. The second-order valence-electron chi connectivity index (χ2n) is 4.60. The standard InChI is InChI=1S/C16H16O5/c1-21-15-8-6-10(9-14(15)20)5-7-13(19)16-11(17)3-2-4-12(16)18/h2-4,6,8-9,17-18,20H,5,7H2,1H3. The van der Waals surface area contributed by atoms with Crippen LogP contribution < -0.4 is 4.74 Å². The maximum atomic E-state index is 12.1. The van der Waals surface area contributed by atoms with Crippen molar-refractivity contribution in [3.63, 3.8) is 0 Å². The van der Waals surface area contributed by atoms with Crippen LogP contribution in [0.4, 0.5) is 0 Å². The summed E-state index contributed by atoms with van der Waals surface area (Å²) in [5.41, 5.74) is 0.687. The molecule has 0 bridgehead atoms. The van der Waals surface area contributed by atoms with Crippen molar-refractivity contribution < 1.29 is 24.9 Å². The monoisotopic (exact) mass is 288 g/mol. The molecule has 0 aliphatic carbocycles. The molecule has 0 amide bonds. The normalized spacial score (nSPS) is 10.3. The van der Waals surface area contributed by atoms with E-state index in [9.17, 15) is 20.1 Å². The van der Waals surface area contributed by atoms with Gasteiger partial charge in [-0.05, 0) is 36.2 Å². The van der Waals surface area contributed by atoms with Crippen molar-refractivity contribution in [1.29, 1.82) is 0 Å². The highest BCUT2D eigenvalue weighted by Gasteiger charge is 2.16. The topological polar surface area (TPSA) is 87.0 Å². The number of carbonyl (C=O) groups excluding carboxylic acids is 1. The molecular weight excluding hydrogens is 272 g/mol. The van der Waals surface area contributed by atoms with Gasteiger partial charge in [-0.1, -0.05) is 12.1 Å². The minimum Gasteiger partial charge on any atom is -0.507 e. The fourth-order valence-electron chi connectivity index (χ4n) is 2.09. The first-order chi connectivity index (χ1) is 10.0. The number of hydrogen-bond acceptors (Lipinski definition) is 5. The number of benzene rings is 2. The average Bonchev–Trinajstić information content (AvgIpc) is 2.45. The first-order valence-electron chi connectivity index (χ1n) is 6.43. The molecule has 0 heterocycles. The van der Waals surface area contributed by atoms with Crippen molar-refractivity contribution in [3.8, 4) is 23.0 Å². The molecule has 0 spiro atoms. The minimum atomic E-state index is -0.360. The Hall–Kier alpha value is -2.69. The van der Waals surface area contributed by atoms with Crippen LogP contribution in [-0.4, -0.2) is 28.2 Å². The van der Waals surface area contributed by atoms with E-state index >= 15 is 0 Å². The molecule has 5 heteroatoms. The summed E-state index contributed by atoms with van der Waals surface area (Å²) in [6.45, 7) is 0. The molecule has 0 fully saturated rings. The Bertz CT molecular complexity index is 643. The van der Waals surface area contributed by atoms with E-state index in [4.69, 9.17) is 4.74 Å². The Labute approximate surface area is 122 Å². The van der Waals surface area contributed by atoms with Gasteiger partial charge in [-0.3, -0.25) is 4.79 Å². The molecular formula is C16H16O5. The van der Waals surface area contributed by atoms with Gasteiger partial charge in [0.1, 0.15) is 17.1 Å². The molecule has 0 aliphatic heterocycles. The lowest BCUT2D eigenvalue weighted by Gasteiger charge is -2.08. The summed E-state index contributed by atoms with van der Waals surface area (Å²) in [6.07, 6.45) is 0.487. The maximum Gasteiger partial charge on any atom is 0.170 e. The van der Waals surface area contributed by atoms with Crippen LogP contribution in [0.5, 0.6) is 23.0 Å². The van der Waals surface area contributed by atoms with Crippen molar-refractivity contribution in [2.45, 2.75) is 12.8 Å². The maximum absolute atomic E-state index is 12.1. The zero-order chi connectivity index (χ0) is 15.4. The molecule has 0 saturated heterocycles. The van der Waals surface area contributed by atoms with Gasteiger partial charge in [0.25, 0.3) is 0 Å². The molecule has 2 aromatic rings. The number of phenolic OH excluding ortho intramolecular Hbond substituents is 3. The van der Waals surface area contributed by atoms with E-state index in [1.807, 2.05) is 0 Å². The molecule has 0 saturated carbocycles. The van der Waals surface area contributed by atoms with Crippen LogP contribution >= 0.6 is 0 Å². The SMILES string of the molecule is COc1ccc(CCC(=O)c2c(O)cccc2O)cc1O. The van der Waals surface area contributed by atoms with Crippen LogP contribution in [0.1, 0.15) is 22.3 Å². The smallest absolute Gasteiger partial charge is 0.170 e. The van der Waals surface area contributed by atoms with Gasteiger partial charge in [0.15, 0.2) is 17.3 Å². The summed E-state index contributed by atoms with van der Waals surface area (Å²) in [5, 5.41) is 28.9. The summed E-state index contributed by atoms with van der Waals surface area (Å²) in [4.78, 5) is 12.1. The van der Waals surface area contributed by atoms with E-state index in [1.165, 1.54) is 31.4 Å². The first kappa shape index (κ1) is 14.7. The molecule has 0 atom stereocenters. The number of hydrogen-bond donors (Lipinski definition) is 3. The lowest BCUT2D eigenvalue weighted by molar-refractivity contribution is 0.0977. The number of ketones is 1. The lowest BCUT2D eigenvalue weighted by Crippen LogP contribution is -2.02. The Balaban J connectivity index is 2.09. The number of aromatic hydroxyl groups is 3. The third kappa shape index (κ3) is 3.25. The number of phenols is 3. The zero-order valence-electron chi connectivity index (χ0n) is 11.5. The molecule has 3 N–H and O–H groups in total. The molecule has 0 radical (unpaired) electrons. The molecule has 5 nitrogen and oxygen atoms in total. The average molecular weight is 288 g/mol. The van der Waals surface area contributed by atoms with Crippen LogP contribution in [0, 0.1) is 0 Å². The highest BCUT2D eigenvalue weighted by atomic mass is 16.5. The lowest BCUT2D eigenvalue weighted by atomic mass is 10.0. The van der Waals surface area contributed by atoms with E-state index in [1.54, 1.807) is 12.1 Å². The van der Waals surface area contributed by atoms with Crippen molar-refractivity contribution in [2.24, 2.45) is 0 Å². The van der Waals surface area contributed by atoms with Crippen LogP contribution in [-0.2, 0) is 6.42 Å². The number of rotatable bonds is 5. The quantitative estimate of drug-likeness (QED) is 0.736. The van der Waals surface area contributed by atoms with Crippen LogP contribution in [0.15, 0.2) is 36.4 Å². The molecule has 2 rings (SSSR count). The molecule has 0 aromatic heterocycles. The number of ether oxygens (including phenoxy) is 1. The number of carbonyl (C=O) groups is 1. The van der Waals surface area contributed by atoms with Crippen LogP contribution in [0.3, 0.4) is 0 Å². The van der Waals surface area contributed by atoms with E-state index in [-0.39, 0.29) is 35.0 Å². The second-order valence-corrected chi connectivity index (χ2v) is 4.60. The van der Waals surface area contributed by atoms with Crippen molar-refractivity contribution in [3.05, 3.63) is 47.5 Å². The van der Waals surface area contributed by atoms with Gasteiger partial charge in [-0.15, -0.1) is 0 Å². The predicted molar refractivity (Wildman–Crippen MR) is 77.1 cm³/mol. The Morgan fingerprint density at radius 2 is 1.71 bits per heavy atom. The van der Waals surface area contributed by atoms with Crippen molar-refractivity contribution >= 4 is 5.78 Å². The summed E-state index contributed by atoms with van der Waals surface area (Å²) in [5.74, 6) is -0.465. The van der Waals surface area contributed by atoms with Crippen LogP contribution in [0.2, 0.25) is 0 Å².